The molecule has 0 aliphatic heterocycles. The molecule has 4 aromatic carbocycles. The number of carbonyl (C=O) groups excluding carboxylic acids is 3. The maximum Gasteiger partial charge on any atom is 0.331 e. The highest BCUT2D eigenvalue weighted by atomic mass is 16.7. The van der Waals surface area contributed by atoms with Crippen LogP contribution >= 0.6 is 0 Å². The van der Waals surface area contributed by atoms with E-state index < -0.39 is 5.97 Å². The molecule has 5 aromatic rings. The minimum absolute atomic E-state index is 0.0281. The molecule has 1 heterocycles. The largest absolute Gasteiger partial charge is 0.331 e. The summed E-state index contributed by atoms with van der Waals surface area (Å²) in [5.41, 5.74) is 4.71. The molecule has 0 N–H and O–H groups in total. The SMILES string of the molecule is CC/C(=N\OC(C)=O)C(=O)c1ccc2c(c1)c1ccccc1n2-c1ccc(C(=O)c2ccccc2)cc1. The van der Waals surface area contributed by atoms with Crippen molar-refractivity contribution < 1.29 is 19.2 Å². The standard InChI is InChI=1S/C31H24N2O4/c1-3-27(32-37-20(2)34)31(36)23-15-18-29-26(19-23)25-11-7-8-12-28(25)33(29)24-16-13-22(14-17-24)30(35)21-9-5-4-6-10-21/h4-19H,3H2,1-2H3/b32-27+. The van der Waals surface area contributed by atoms with Crippen molar-refractivity contribution >= 4 is 45.1 Å². The van der Waals surface area contributed by atoms with Crippen LogP contribution in [0.4, 0.5) is 0 Å². The Hall–Kier alpha value is -4.84. The van der Waals surface area contributed by atoms with Crippen molar-refractivity contribution in [3.63, 3.8) is 0 Å². The monoisotopic (exact) mass is 488 g/mol. The van der Waals surface area contributed by atoms with Crippen LogP contribution in [0.1, 0.15) is 46.5 Å². The topological polar surface area (TPSA) is 77.7 Å². The van der Waals surface area contributed by atoms with Gasteiger partial charge in [0, 0.05) is 40.1 Å². The summed E-state index contributed by atoms with van der Waals surface area (Å²) in [6.07, 6.45) is 0.333. The van der Waals surface area contributed by atoms with Crippen LogP contribution in [-0.2, 0) is 9.63 Å². The van der Waals surface area contributed by atoms with E-state index in [0.717, 1.165) is 27.5 Å². The fourth-order valence-corrected chi connectivity index (χ4v) is 4.46. The Morgan fingerprint density at radius 1 is 0.730 bits per heavy atom. The van der Waals surface area contributed by atoms with Crippen LogP contribution < -0.4 is 0 Å². The van der Waals surface area contributed by atoms with E-state index >= 15 is 0 Å². The number of rotatable bonds is 7. The first-order chi connectivity index (χ1) is 18.0. The summed E-state index contributed by atoms with van der Waals surface area (Å²) in [5, 5.41) is 5.65. The number of hydrogen-bond acceptors (Lipinski definition) is 5. The summed E-state index contributed by atoms with van der Waals surface area (Å²) in [6.45, 7) is 3.03. The van der Waals surface area contributed by atoms with Gasteiger partial charge in [0.15, 0.2) is 5.78 Å². The second kappa shape index (κ2) is 10.0. The predicted molar refractivity (Wildman–Crippen MR) is 144 cm³/mol. The molecule has 0 amide bonds. The molecule has 182 valence electrons. The molecular formula is C31H24N2O4. The maximum absolute atomic E-state index is 13.1. The van der Waals surface area contributed by atoms with E-state index in [-0.39, 0.29) is 17.3 Å². The number of hydrogen-bond donors (Lipinski definition) is 0. The number of nitrogens with zero attached hydrogens (tertiary/aromatic N) is 2. The van der Waals surface area contributed by atoms with Crippen molar-refractivity contribution in [2.24, 2.45) is 5.16 Å². The summed E-state index contributed by atoms with van der Waals surface area (Å²) in [4.78, 5) is 41.8. The quantitative estimate of drug-likeness (QED) is 0.113. The summed E-state index contributed by atoms with van der Waals surface area (Å²) in [5.74, 6) is -0.889. The molecule has 1 aromatic heterocycles. The number of fused-ring (bicyclic) bond motifs is 3. The van der Waals surface area contributed by atoms with Crippen molar-refractivity contribution in [3.8, 4) is 5.69 Å². The van der Waals surface area contributed by atoms with Gasteiger partial charge in [-0.1, -0.05) is 60.6 Å². The lowest BCUT2D eigenvalue weighted by atomic mass is 10.0. The number of oxime groups is 1. The second-order valence-corrected chi connectivity index (χ2v) is 8.63. The highest BCUT2D eigenvalue weighted by Crippen LogP contribution is 2.33. The molecular weight excluding hydrogens is 464 g/mol. The normalized spacial score (nSPS) is 11.6. The van der Waals surface area contributed by atoms with Gasteiger partial charge in [-0.25, -0.2) is 4.79 Å². The Labute approximate surface area is 213 Å². The third kappa shape index (κ3) is 4.57. The zero-order valence-corrected chi connectivity index (χ0v) is 20.5. The fraction of sp³-hybridized carbons (Fsp3) is 0.0968. The minimum Gasteiger partial charge on any atom is -0.318 e. The van der Waals surface area contributed by atoms with Gasteiger partial charge in [0.1, 0.15) is 5.71 Å². The number of ketones is 2. The van der Waals surface area contributed by atoms with E-state index in [1.165, 1.54) is 6.92 Å². The van der Waals surface area contributed by atoms with Crippen LogP contribution in [0.15, 0.2) is 102 Å². The number of carbonyl (C=O) groups is 3. The highest BCUT2D eigenvalue weighted by molar-refractivity contribution is 6.46. The van der Waals surface area contributed by atoms with Crippen molar-refractivity contribution in [1.29, 1.82) is 0 Å². The minimum atomic E-state index is -0.575. The van der Waals surface area contributed by atoms with Gasteiger partial charge in [-0.2, -0.15) is 0 Å². The lowest BCUT2D eigenvalue weighted by Crippen LogP contribution is -2.14. The van der Waals surface area contributed by atoms with Gasteiger partial charge in [-0.3, -0.25) is 9.59 Å². The first kappa shape index (κ1) is 23.9. The molecule has 0 aliphatic carbocycles. The molecule has 0 radical (unpaired) electrons. The molecule has 0 fully saturated rings. The van der Waals surface area contributed by atoms with Crippen molar-refractivity contribution in [1.82, 2.24) is 4.57 Å². The molecule has 0 bridgehead atoms. The van der Waals surface area contributed by atoms with Gasteiger partial charge >= 0.3 is 5.97 Å². The van der Waals surface area contributed by atoms with Crippen molar-refractivity contribution in [3.05, 3.63) is 114 Å². The van der Waals surface area contributed by atoms with Crippen molar-refractivity contribution in [2.75, 3.05) is 0 Å². The van der Waals surface area contributed by atoms with Crippen LogP contribution in [0.25, 0.3) is 27.5 Å². The maximum atomic E-state index is 13.1. The first-order valence-electron chi connectivity index (χ1n) is 12.0. The molecule has 0 saturated heterocycles. The molecule has 37 heavy (non-hydrogen) atoms. The Morgan fingerprint density at radius 2 is 1.35 bits per heavy atom. The molecule has 0 spiro atoms. The van der Waals surface area contributed by atoms with E-state index in [2.05, 4.69) is 9.72 Å². The van der Waals surface area contributed by atoms with Gasteiger partial charge in [0.2, 0.25) is 5.78 Å². The van der Waals surface area contributed by atoms with Gasteiger partial charge in [-0.15, -0.1) is 0 Å². The van der Waals surface area contributed by atoms with E-state index in [1.807, 2.05) is 91.0 Å². The fourth-order valence-electron chi connectivity index (χ4n) is 4.46. The molecule has 0 aliphatic rings. The van der Waals surface area contributed by atoms with Gasteiger partial charge in [-0.05, 0) is 55.0 Å². The smallest absolute Gasteiger partial charge is 0.318 e. The Balaban J connectivity index is 1.58. The van der Waals surface area contributed by atoms with Crippen molar-refractivity contribution in [2.45, 2.75) is 20.3 Å². The van der Waals surface area contributed by atoms with Gasteiger partial charge < -0.3 is 9.40 Å². The Morgan fingerprint density at radius 3 is 2.05 bits per heavy atom. The number of Topliss-reactive ketones (excluding diaryl/α,β-unsaturated/α-hetero) is 1. The number of benzene rings is 4. The lowest BCUT2D eigenvalue weighted by Gasteiger charge is -2.09. The van der Waals surface area contributed by atoms with Crippen LogP contribution in [0.5, 0.6) is 0 Å². The van der Waals surface area contributed by atoms with Crippen LogP contribution in [-0.4, -0.2) is 27.8 Å². The third-order valence-corrected chi connectivity index (χ3v) is 6.24. The van der Waals surface area contributed by atoms with Crippen LogP contribution in [0, 0.1) is 0 Å². The molecule has 0 unspecified atom stereocenters. The van der Waals surface area contributed by atoms with E-state index in [1.54, 1.807) is 13.0 Å². The molecule has 5 rings (SSSR count). The summed E-state index contributed by atoms with van der Waals surface area (Å²) >= 11 is 0. The first-order valence-corrected chi connectivity index (χ1v) is 12.0. The van der Waals surface area contributed by atoms with Gasteiger partial charge in [0.25, 0.3) is 0 Å². The summed E-state index contributed by atoms with van der Waals surface area (Å²) in [7, 11) is 0. The lowest BCUT2D eigenvalue weighted by molar-refractivity contribution is -0.140. The highest BCUT2D eigenvalue weighted by Gasteiger charge is 2.18. The summed E-state index contributed by atoms with van der Waals surface area (Å²) in [6, 6.07) is 30.2. The van der Waals surface area contributed by atoms with Crippen LogP contribution in [0.2, 0.25) is 0 Å². The molecule has 0 saturated carbocycles. The number of para-hydroxylation sites is 1. The van der Waals surface area contributed by atoms with E-state index in [9.17, 15) is 14.4 Å². The Kier molecular flexibility index (Phi) is 6.47. The average Bonchev–Trinajstić information content (AvgIpc) is 3.27. The molecule has 6 heteroatoms. The zero-order chi connectivity index (χ0) is 25.9. The van der Waals surface area contributed by atoms with E-state index in [4.69, 9.17) is 4.84 Å². The second-order valence-electron chi connectivity index (χ2n) is 8.63. The zero-order valence-electron chi connectivity index (χ0n) is 20.5. The van der Waals surface area contributed by atoms with E-state index in [0.29, 0.717) is 23.1 Å². The summed E-state index contributed by atoms with van der Waals surface area (Å²) < 4.78 is 2.11. The van der Waals surface area contributed by atoms with Crippen LogP contribution in [0.3, 0.4) is 0 Å². The average molecular weight is 489 g/mol. The Bertz CT molecular complexity index is 1680. The number of aromatic nitrogens is 1. The molecule has 0 atom stereocenters. The van der Waals surface area contributed by atoms with Gasteiger partial charge in [0.05, 0.1) is 11.0 Å². The predicted octanol–water partition coefficient (Wildman–Crippen LogP) is 6.53. The third-order valence-electron chi connectivity index (χ3n) is 6.24. The molecule has 6 nitrogen and oxygen atoms in total.